The molecule has 0 radical (unpaired) electrons. The molecule has 0 unspecified atom stereocenters. The second kappa shape index (κ2) is 7.09. The zero-order valence-electron chi connectivity index (χ0n) is 15.0. The molecule has 0 saturated heterocycles. The van der Waals surface area contributed by atoms with Crippen molar-refractivity contribution in [1.82, 2.24) is 14.8 Å². The minimum atomic E-state index is -0.0138. The van der Waals surface area contributed by atoms with E-state index in [-0.39, 0.29) is 6.04 Å². The molecule has 4 nitrogen and oxygen atoms in total. The largest absolute Gasteiger partial charge is 0.324 e. The third-order valence-electron chi connectivity index (χ3n) is 4.90. The highest BCUT2D eigenvalue weighted by atomic mass is 79.9. The summed E-state index contributed by atoms with van der Waals surface area (Å²) >= 11 is 3.57. The number of benzene rings is 3. The first-order valence-electron chi connectivity index (χ1n) is 9.07. The Morgan fingerprint density at radius 3 is 2.36 bits per heavy atom. The van der Waals surface area contributed by atoms with Crippen molar-refractivity contribution in [3.63, 3.8) is 0 Å². The number of nitrogens with one attached hydrogen (secondary N) is 1. The number of allylic oxidation sites excluding steroid dienone is 1. The summed E-state index contributed by atoms with van der Waals surface area (Å²) in [4.78, 5) is 4.38. The van der Waals surface area contributed by atoms with Gasteiger partial charge in [0, 0.05) is 10.2 Å². The Bertz CT molecular complexity index is 1150. The molecule has 136 valence electrons. The highest BCUT2D eigenvalue weighted by molar-refractivity contribution is 9.10. The highest BCUT2D eigenvalue weighted by Gasteiger charge is 2.23. The first kappa shape index (κ1) is 17.0. The van der Waals surface area contributed by atoms with Crippen LogP contribution >= 0.6 is 15.9 Å². The predicted molar refractivity (Wildman–Crippen MR) is 116 cm³/mol. The van der Waals surface area contributed by atoms with Crippen molar-refractivity contribution in [1.29, 1.82) is 0 Å². The van der Waals surface area contributed by atoms with Crippen LogP contribution in [0.15, 0.2) is 95.7 Å². The van der Waals surface area contributed by atoms with E-state index in [9.17, 15) is 0 Å². The summed E-state index contributed by atoms with van der Waals surface area (Å²) in [5.41, 5.74) is 5.72. The maximum atomic E-state index is 4.41. The molecule has 1 atom stereocenters. The van der Waals surface area contributed by atoms with Gasteiger partial charge in [0.15, 0.2) is 0 Å². The zero-order chi connectivity index (χ0) is 18.9. The van der Waals surface area contributed by atoms with Crippen LogP contribution < -0.4 is 5.32 Å². The standard InChI is InChI=1S/C23H17BrN4/c24-20-8-4-7-19(13-20)22-14-21(27-23-25-15-26-28(22)23)18-11-9-17(10-12-18)16-5-2-1-3-6-16/h1-15,22H,(H,25,26,27)/t22-/m0/s1. The number of hydrogen-bond acceptors (Lipinski definition) is 3. The molecule has 0 fully saturated rings. The van der Waals surface area contributed by atoms with E-state index < -0.39 is 0 Å². The molecule has 0 spiro atoms. The van der Waals surface area contributed by atoms with Gasteiger partial charge < -0.3 is 5.32 Å². The number of fused-ring (bicyclic) bond motifs is 1. The molecule has 0 aliphatic carbocycles. The fourth-order valence-corrected chi connectivity index (χ4v) is 3.92. The van der Waals surface area contributed by atoms with Crippen molar-refractivity contribution in [3.05, 3.63) is 107 Å². The lowest BCUT2D eigenvalue weighted by molar-refractivity contribution is 0.611. The number of anilines is 1. The van der Waals surface area contributed by atoms with Gasteiger partial charge in [-0.2, -0.15) is 10.1 Å². The van der Waals surface area contributed by atoms with Crippen LogP contribution in [-0.2, 0) is 0 Å². The smallest absolute Gasteiger partial charge is 0.226 e. The predicted octanol–water partition coefficient (Wildman–Crippen LogP) is 5.76. The summed E-state index contributed by atoms with van der Waals surface area (Å²) in [6.07, 6.45) is 3.78. The van der Waals surface area contributed by atoms with Gasteiger partial charge in [0.2, 0.25) is 5.95 Å². The van der Waals surface area contributed by atoms with E-state index in [0.29, 0.717) is 0 Å². The lowest BCUT2D eigenvalue weighted by Crippen LogP contribution is -2.20. The Kier molecular flexibility index (Phi) is 4.29. The van der Waals surface area contributed by atoms with Gasteiger partial charge in [-0.3, -0.25) is 0 Å². The Labute approximate surface area is 171 Å². The van der Waals surface area contributed by atoms with Crippen molar-refractivity contribution < 1.29 is 0 Å². The van der Waals surface area contributed by atoms with Gasteiger partial charge in [-0.1, -0.05) is 82.7 Å². The molecule has 1 aromatic heterocycles. The molecule has 0 amide bonds. The van der Waals surface area contributed by atoms with E-state index in [1.807, 2.05) is 22.9 Å². The molecule has 2 heterocycles. The Morgan fingerprint density at radius 2 is 1.57 bits per heavy atom. The first-order valence-corrected chi connectivity index (χ1v) is 9.87. The van der Waals surface area contributed by atoms with Gasteiger partial charge in [-0.05, 0) is 40.5 Å². The van der Waals surface area contributed by atoms with Crippen LogP contribution in [0.1, 0.15) is 17.2 Å². The number of halogens is 1. The van der Waals surface area contributed by atoms with Crippen molar-refractivity contribution in [2.75, 3.05) is 5.32 Å². The van der Waals surface area contributed by atoms with Crippen LogP contribution in [0.25, 0.3) is 16.8 Å². The van der Waals surface area contributed by atoms with Gasteiger partial charge in [-0.15, -0.1) is 0 Å². The first-order chi connectivity index (χ1) is 13.8. The Hall–Kier alpha value is -3.18. The number of aromatic nitrogens is 3. The third kappa shape index (κ3) is 3.14. The molecular weight excluding hydrogens is 412 g/mol. The van der Waals surface area contributed by atoms with Gasteiger partial charge in [-0.25, -0.2) is 4.68 Å². The number of hydrogen-bond donors (Lipinski definition) is 1. The lowest BCUT2D eigenvalue weighted by Gasteiger charge is -2.24. The average molecular weight is 429 g/mol. The monoisotopic (exact) mass is 428 g/mol. The molecule has 3 aromatic carbocycles. The fraction of sp³-hybridized carbons (Fsp3) is 0.0435. The van der Waals surface area contributed by atoms with Crippen LogP contribution in [0.2, 0.25) is 0 Å². The molecule has 28 heavy (non-hydrogen) atoms. The fourth-order valence-electron chi connectivity index (χ4n) is 3.50. The summed E-state index contributed by atoms with van der Waals surface area (Å²) < 4.78 is 2.95. The van der Waals surface area contributed by atoms with E-state index in [2.05, 4.69) is 98.1 Å². The van der Waals surface area contributed by atoms with Gasteiger partial charge >= 0.3 is 0 Å². The number of nitrogens with zero attached hydrogens (tertiary/aromatic N) is 3. The molecule has 0 bridgehead atoms. The normalized spacial score (nSPS) is 15.5. The maximum absolute atomic E-state index is 4.41. The van der Waals surface area contributed by atoms with Gasteiger partial charge in [0.1, 0.15) is 12.4 Å². The Balaban J connectivity index is 1.53. The van der Waals surface area contributed by atoms with E-state index in [1.165, 1.54) is 11.1 Å². The SMILES string of the molecule is Brc1cccc([C@@H]2C=C(c3ccc(-c4ccccc4)cc3)Nc3ncnn32)c1. The summed E-state index contributed by atoms with van der Waals surface area (Å²) in [5, 5.41) is 7.81. The molecular formula is C23H17BrN4. The quantitative estimate of drug-likeness (QED) is 0.450. The van der Waals surface area contributed by atoms with Crippen molar-refractivity contribution >= 4 is 27.6 Å². The zero-order valence-corrected chi connectivity index (χ0v) is 16.5. The molecule has 1 N–H and O–H groups in total. The Morgan fingerprint density at radius 1 is 0.821 bits per heavy atom. The summed E-state index contributed by atoms with van der Waals surface area (Å²) in [6, 6.07) is 27.3. The van der Waals surface area contributed by atoms with Crippen molar-refractivity contribution in [3.8, 4) is 11.1 Å². The second-order valence-corrected chi connectivity index (χ2v) is 7.59. The minimum Gasteiger partial charge on any atom is -0.324 e. The topological polar surface area (TPSA) is 42.7 Å². The third-order valence-corrected chi connectivity index (χ3v) is 5.39. The average Bonchev–Trinajstić information content (AvgIpc) is 3.22. The number of rotatable bonds is 3. The summed E-state index contributed by atoms with van der Waals surface area (Å²) in [5.74, 6) is 0.745. The van der Waals surface area contributed by atoms with E-state index in [1.54, 1.807) is 6.33 Å². The molecule has 4 aromatic rings. The van der Waals surface area contributed by atoms with Crippen LogP contribution in [-0.4, -0.2) is 14.8 Å². The van der Waals surface area contributed by atoms with Gasteiger partial charge in [0.25, 0.3) is 0 Å². The molecule has 0 saturated carbocycles. The molecule has 5 rings (SSSR count). The van der Waals surface area contributed by atoms with Crippen molar-refractivity contribution in [2.24, 2.45) is 0 Å². The van der Waals surface area contributed by atoms with E-state index in [0.717, 1.165) is 27.2 Å². The van der Waals surface area contributed by atoms with Gasteiger partial charge in [0.05, 0.1) is 0 Å². The maximum Gasteiger partial charge on any atom is 0.226 e. The molecule has 1 aliphatic heterocycles. The second-order valence-electron chi connectivity index (χ2n) is 6.68. The summed E-state index contributed by atoms with van der Waals surface area (Å²) in [6.45, 7) is 0. The van der Waals surface area contributed by atoms with E-state index >= 15 is 0 Å². The summed E-state index contributed by atoms with van der Waals surface area (Å²) in [7, 11) is 0. The van der Waals surface area contributed by atoms with Crippen molar-refractivity contribution in [2.45, 2.75) is 6.04 Å². The van der Waals surface area contributed by atoms with Crippen LogP contribution in [0.5, 0.6) is 0 Å². The molecule has 5 heteroatoms. The van der Waals surface area contributed by atoms with Crippen LogP contribution in [0.4, 0.5) is 5.95 Å². The van der Waals surface area contributed by atoms with E-state index in [4.69, 9.17) is 0 Å². The molecule has 1 aliphatic rings. The lowest BCUT2D eigenvalue weighted by atomic mass is 9.99. The van der Waals surface area contributed by atoms with Crippen LogP contribution in [0.3, 0.4) is 0 Å². The minimum absolute atomic E-state index is 0.0138. The highest BCUT2D eigenvalue weighted by Crippen LogP contribution is 2.33. The van der Waals surface area contributed by atoms with Crippen LogP contribution in [0, 0.1) is 0 Å².